The summed E-state index contributed by atoms with van der Waals surface area (Å²) in [7, 11) is 5.96. The first-order valence-corrected chi connectivity index (χ1v) is 8.97. The molecule has 0 radical (unpaired) electrons. The molecule has 134 valence electrons. The second-order valence-electron chi connectivity index (χ2n) is 7.03. The van der Waals surface area contributed by atoms with Crippen molar-refractivity contribution < 1.29 is 0 Å². The molecular formula is C19H33N5. The van der Waals surface area contributed by atoms with Crippen LogP contribution < -0.4 is 15.5 Å². The largest absolute Gasteiger partial charge is 0.378 e. The molecule has 0 aromatic heterocycles. The second-order valence-corrected chi connectivity index (χ2v) is 7.03. The van der Waals surface area contributed by atoms with Crippen LogP contribution in [-0.2, 0) is 6.54 Å². The van der Waals surface area contributed by atoms with Gasteiger partial charge in [-0.1, -0.05) is 12.1 Å². The van der Waals surface area contributed by atoms with Gasteiger partial charge in [-0.05, 0) is 44.4 Å². The molecule has 0 spiro atoms. The first-order chi connectivity index (χ1) is 11.5. The molecule has 1 aromatic rings. The van der Waals surface area contributed by atoms with E-state index in [1.165, 1.54) is 37.2 Å². The van der Waals surface area contributed by atoms with E-state index in [0.717, 1.165) is 12.5 Å². The number of anilines is 1. The van der Waals surface area contributed by atoms with Gasteiger partial charge in [0.05, 0.1) is 0 Å². The third-order valence-electron chi connectivity index (χ3n) is 4.74. The predicted molar refractivity (Wildman–Crippen MR) is 104 cm³/mol. The quantitative estimate of drug-likeness (QED) is 0.642. The summed E-state index contributed by atoms with van der Waals surface area (Å²) in [6, 6.07) is 9.78. The van der Waals surface area contributed by atoms with Crippen LogP contribution in [0.15, 0.2) is 29.3 Å². The van der Waals surface area contributed by atoms with Crippen LogP contribution in [0.25, 0.3) is 0 Å². The number of hydrogen-bond donors (Lipinski definition) is 2. The van der Waals surface area contributed by atoms with Crippen molar-refractivity contribution in [3.05, 3.63) is 29.8 Å². The van der Waals surface area contributed by atoms with Gasteiger partial charge in [0.1, 0.15) is 0 Å². The fraction of sp³-hybridized carbons (Fsp3) is 0.632. The van der Waals surface area contributed by atoms with E-state index < -0.39 is 0 Å². The van der Waals surface area contributed by atoms with Crippen molar-refractivity contribution in [1.29, 1.82) is 0 Å². The van der Waals surface area contributed by atoms with Crippen LogP contribution in [0, 0.1) is 0 Å². The summed E-state index contributed by atoms with van der Waals surface area (Å²) in [5, 5.41) is 7.00. The molecule has 5 heteroatoms. The van der Waals surface area contributed by atoms with E-state index in [2.05, 4.69) is 77.6 Å². The number of likely N-dealkylation sites (tertiary alicyclic amines) is 1. The van der Waals surface area contributed by atoms with Crippen molar-refractivity contribution in [2.45, 2.75) is 45.3 Å². The number of benzene rings is 1. The van der Waals surface area contributed by atoms with Gasteiger partial charge in [0.15, 0.2) is 5.96 Å². The highest BCUT2D eigenvalue weighted by Crippen LogP contribution is 2.13. The lowest BCUT2D eigenvalue weighted by Crippen LogP contribution is -2.49. The van der Waals surface area contributed by atoms with Crippen LogP contribution in [0.1, 0.15) is 32.3 Å². The zero-order valence-corrected chi connectivity index (χ0v) is 15.8. The van der Waals surface area contributed by atoms with E-state index in [1.807, 2.05) is 7.05 Å². The Morgan fingerprint density at radius 3 is 2.33 bits per heavy atom. The number of aliphatic imine (C=N–C) groups is 1. The van der Waals surface area contributed by atoms with Crippen LogP contribution in [0.4, 0.5) is 5.69 Å². The first kappa shape index (κ1) is 18.6. The average molecular weight is 332 g/mol. The Labute approximate surface area is 147 Å². The molecule has 1 aliphatic rings. The van der Waals surface area contributed by atoms with Gasteiger partial charge in [0.25, 0.3) is 0 Å². The Hall–Kier alpha value is -1.75. The maximum atomic E-state index is 4.37. The van der Waals surface area contributed by atoms with Crippen LogP contribution in [-0.4, -0.2) is 57.2 Å². The summed E-state index contributed by atoms with van der Waals surface area (Å²) >= 11 is 0. The van der Waals surface area contributed by atoms with Gasteiger partial charge in [-0.15, -0.1) is 0 Å². The molecule has 0 bridgehead atoms. The minimum Gasteiger partial charge on any atom is -0.378 e. The molecule has 0 unspecified atom stereocenters. The van der Waals surface area contributed by atoms with E-state index in [4.69, 9.17) is 0 Å². The third kappa shape index (κ3) is 5.41. The van der Waals surface area contributed by atoms with Gasteiger partial charge in [-0.3, -0.25) is 4.99 Å². The molecule has 0 saturated carbocycles. The van der Waals surface area contributed by atoms with Crippen molar-refractivity contribution in [2.24, 2.45) is 4.99 Å². The molecule has 1 fully saturated rings. The highest BCUT2D eigenvalue weighted by atomic mass is 15.2. The van der Waals surface area contributed by atoms with Gasteiger partial charge < -0.3 is 20.4 Å². The Bertz CT molecular complexity index is 513. The van der Waals surface area contributed by atoms with Crippen LogP contribution in [0.2, 0.25) is 0 Å². The molecule has 1 saturated heterocycles. The number of nitrogens with zero attached hydrogens (tertiary/aromatic N) is 3. The summed E-state index contributed by atoms with van der Waals surface area (Å²) in [5.74, 6) is 0.898. The lowest BCUT2D eigenvalue weighted by atomic mass is 10.0. The Balaban J connectivity index is 1.78. The number of hydrogen-bond acceptors (Lipinski definition) is 3. The van der Waals surface area contributed by atoms with Gasteiger partial charge in [0, 0.05) is 58.5 Å². The maximum Gasteiger partial charge on any atom is 0.191 e. The van der Waals surface area contributed by atoms with Crippen molar-refractivity contribution in [2.75, 3.05) is 39.1 Å². The Morgan fingerprint density at radius 2 is 1.83 bits per heavy atom. The molecule has 2 N–H and O–H groups in total. The van der Waals surface area contributed by atoms with E-state index in [-0.39, 0.29) is 0 Å². The molecule has 24 heavy (non-hydrogen) atoms. The summed E-state index contributed by atoms with van der Waals surface area (Å²) in [6.07, 6.45) is 2.35. The maximum absolute atomic E-state index is 4.37. The zero-order valence-electron chi connectivity index (χ0n) is 15.8. The van der Waals surface area contributed by atoms with E-state index in [9.17, 15) is 0 Å². The van der Waals surface area contributed by atoms with Crippen molar-refractivity contribution in [1.82, 2.24) is 15.5 Å². The fourth-order valence-corrected chi connectivity index (χ4v) is 3.05. The standard InChI is InChI=1S/C19H33N5/c1-15(2)24-12-10-17(11-13-24)22-19(20-3)21-14-16-6-8-18(9-7-16)23(4)5/h6-9,15,17H,10-14H2,1-5H3,(H2,20,21,22). The number of nitrogens with one attached hydrogen (secondary N) is 2. The van der Waals surface area contributed by atoms with Crippen molar-refractivity contribution in [3.63, 3.8) is 0 Å². The third-order valence-corrected chi connectivity index (χ3v) is 4.74. The van der Waals surface area contributed by atoms with Crippen molar-refractivity contribution in [3.8, 4) is 0 Å². The first-order valence-electron chi connectivity index (χ1n) is 8.97. The van der Waals surface area contributed by atoms with E-state index in [0.29, 0.717) is 12.1 Å². The molecule has 1 heterocycles. The summed E-state index contributed by atoms with van der Waals surface area (Å²) in [4.78, 5) is 9.02. The van der Waals surface area contributed by atoms with Gasteiger partial charge >= 0.3 is 0 Å². The van der Waals surface area contributed by atoms with Gasteiger partial charge in [0.2, 0.25) is 0 Å². The molecule has 1 aliphatic heterocycles. The second kappa shape index (κ2) is 8.92. The summed E-state index contributed by atoms with van der Waals surface area (Å²) in [6.45, 7) is 7.67. The number of guanidine groups is 1. The Morgan fingerprint density at radius 1 is 1.21 bits per heavy atom. The topological polar surface area (TPSA) is 42.9 Å². The van der Waals surface area contributed by atoms with Crippen molar-refractivity contribution >= 4 is 11.6 Å². The molecule has 0 aliphatic carbocycles. The van der Waals surface area contributed by atoms with Crippen LogP contribution in [0.5, 0.6) is 0 Å². The lowest BCUT2D eigenvalue weighted by molar-refractivity contribution is 0.167. The Kier molecular flexibility index (Phi) is 6.91. The number of rotatable bonds is 5. The lowest BCUT2D eigenvalue weighted by Gasteiger charge is -2.35. The van der Waals surface area contributed by atoms with E-state index in [1.54, 1.807) is 0 Å². The average Bonchev–Trinajstić information content (AvgIpc) is 2.59. The molecule has 2 rings (SSSR count). The normalized spacial score (nSPS) is 17.2. The smallest absolute Gasteiger partial charge is 0.191 e. The molecular weight excluding hydrogens is 298 g/mol. The van der Waals surface area contributed by atoms with Gasteiger partial charge in [-0.2, -0.15) is 0 Å². The number of piperidine rings is 1. The predicted octanol–water partition coefficient (Wildman–Crippen LogP) is 2.29. The summed E-state index contributed by atoms with van der Waals surface area (Å²) in [5.41, 5.74) is 2.48. The fourth-order valence-electron chi connectivity index (χ4n) is 3.05. The SMILES string of the molecule is CN=C(NCc1ccc(N(C)C)cc1)NC1CCN(C(C)C)CC1. The van der Waals surface area contributed by atoms with Crippen LogP contribution in [0.3, 0.4) is 0 Å². The van der Waals surface area contributed by atoms with E-state index >= 15 is 0 Å². The summed E-state index contributed by atoms with van der Waals surface area (Å²) < 4.78 is 0. The van der Waals surface area contributed by atoms with Crippen LogP contribution >= 0.6 is 0 Å². The highest BCUT2D eigenvalue weighted by molar-refractivity contribution is 5.80. The minimum absolute atomic E-state index is 0.516. The molecule has 0 amide bonds. The van der Waals surface area contributed by atoms with Gasteiger partial charge in [-0.25, -0.2) is 0 Å². The molecule has 1 aromatic carbocycles. The molecule has 0 atom stereocenters. The zero-order chi connectivity index (χ0) is 17.5. The minimum atomic E-state index is 0.516. The highest BCUT2D eigenvalue weighted by Gasteiger charge is 2.21. The monoisotopic (exact) mass is 331 g/mol. The molecule has 5 nitrogen and oxygen atoms in total.